The van der Waals surface area contributed by atoms with E-state index in [-0.39, 0.29) is 0 Å². The molecule has 2 unspecified atom stereocenters. The van der Waals surface area contributed by atoms with Crippen molar-refractivity contribution in [1.29, 1.82) is 0 Å². The number of hydrogen-bond acceptors (Lipinski definition) is 3. The van der Waals surface area contributed by atoms with Gasteiger partial charge in [-0.15, -0.1) is 0 Å². The first kappa shape index (κ1) is 13.4. The topological polar surface area (TPSA) is 55.6 Å². The van der Waals surface area contributed by atoms with Crippen LogP contribution < -0.4 is 5.73 Å². The Hall–Kier alpha value is -0.610. The van der Waals surface area contributed by atoms with Gasteiger partial charge in [0.2, 0.25) is 5.91 Å². The quantitative estimate of drug-likeness (QED) is 0.845. The number of nitrogens with two attached hydrogens (primary N) is 1. The van der Waals surface area contributed by atoms with E-state index in [9.17, 15) is 4.79 Å². The van der Waals surface area contributed by atoms with Gasteiger partial charge >= 0.3 is 0 Å². The maximum absolute atomic E-state index is 12.3. The standard InChI is InChI=1S/C15H26N2O2/c16-12-4-1-11(2-5-12)3-8-15(18)17-9-13-6-7-14(10-17)19-13/h11-14H,1-10,16H2. The first-order valence-electron chi connectivity index (χ1n) is 7.89. The minimum Gasteiger partial charge on any atom is -0.371 e. The minimum absolute atomic E-state index is 0.315. The Morgan fingerprint density at radius 1 is 1.05 bits per heavy atom. The first-order valence-corrected chi connectivity index (χ1v) is 7.89. The Bertz CT molecular complexity index is 314. The third-order valence-corrected chi connectivity index (χ3v) is 5.05. The summed E-state index contributed by atoms with van der Waals surface area (Å²) < 4.78 is 5.78. The number of likely N-dealkylation sites (tertiary alicyclic amines) is 1. The number of amides is 1. The fourth-order valence-electron chi connectivity index (χ4n) is 3.78. The number of morpholine rings is 1. The zero-order valence-electron chi connectivity index (χ0n) is 11.7. The van der Waals surface area contributed by atoms with Gasteiger partial charge in [-0.25, -0.2) is 0 Å². The lowest BCUT2D eigenvalue weighted by atomic mass is 9.83. The molecule has 3 fully saturated rings. The molecule has 1 amide bonds. The summed E-state index contributed by atoms with van der Waals surface area (Å²) in [4.78, 5) is 14.3. The zero-order chi connectivity index (χ0) is 13.2. The lowest BCUT2D eigenvalue weighted by Gasteiger charge is -2.33. The van der Waals surface area contributed by atoms with E-state index >= 15 is 0 Å². The third-order valence-electron chi connectivity index (χ3n) is 5.05. The van der Waals surface area contributed by atoms with Crippen molar-refractivity contribution in [3.05, 3.63) is 0 Å². The third kappa shape index (κ3) is 3.29. The summed E-state index contributed by atoms with van der Waals surface area (Å²) >= 11 is 0. The second-order valence-corrected chi connectivity index (χ2v) is 6.58. The highest BCUT2D eigenvalue weighted by Crippen LogP contribution is 2.29. The van der Waals surface area contributed by atoms with Gasteiger partial charge in [0.1, 0.15) is 0 Å². The molecule has 0 aromatic rings. The average molecular weight is 266 g/mol. The number of carbonyl (C=O) groups is 1. The average Bonchev–Trinajstić information content (AvgIpc) is 2.76. The number of hydrogen-bond donors (Lipinski definition) is 1. The summed E-state index contributed by atoms with van der Waals surface area (Å²) in [7, 11) is 0. The monoisotopic (exact) mass is 266 g/mol. The molecule has 0 spiro atoms. The highest BCUT2D eigenvalue weighted by molar-refractivity contribution is 5.76. The van der Waals surface area contributed by atoms with E-state index in [1.165, 1.54) is 12.8 Å². The van der Waals surface area contributed by atoms with Crippen LogP contribution in [0.15, 0.2) is 0 Å². The van der Waals surface area contributed by atoms with E-state index in [1.54, 1.807) is 0 Å². The van der Waals surface area contributed by atoms with Crippen LogP contribution in [0.25, 0.3) is 0 Å². The highest BCUT2D eigenvalue weighted by atomic mass is 16.5. The lowest BCUT2D eigenvalue weighted by Crippen LogP contribution is -2.45. The van der Waals surface area contributed by atoms with Crippen LogP contribution in [0, 0.1) is 5.92 Å². The molecule has 2 N–H and O–H groups in total. The number of nitrogens with zero attached hydrogens (tertiary/aromatic N) is 1. The van der Waals surface area contributed by atoms with E-state index in [0.29, 0.717) is 24.2 Å². The Morgan fingerprint density at radius 2 is 1.68 bits per heavy atom. The molecule has 4 nitrogen and oxygen atoms in total. The van der Waals surface area contributed by atoms with Crippen LogP contribution in [0.2, 0.25) is 0 Å². The molecular formula is C15H26N2O2. The number of rotatable bonds is 3. The van der Waals surface area contributed by atoms with Crippen LogP contribution in [0.1, 0.15) is 51.4 Å². The predicted molar refractivity (Wildman–Crippen MR) is 73.6 cm³/mol. The molecule has 2 heterocycles. The van der Waals surface area contributed by atoms with Crippen LogP contribution in [-0.2, 0) is 9.53 Å². The van der Waals surface area contributed by atoms with E-state index < -0.39 is 0 Å². The summed E-state index contributed by atoms with van der Waals surface area (Å²) in [6.07, 6.45) is 9.37. The van der Waals surface area contributed by atoms with E-state index in [1.807, 2.05) is 4.90 Å². The molecule has 0 radical (unpaired) electrons. The van der Waals surface area contributed by atoms with Crippen LogP contribution in [-0.4, -0.2) is 42.1 Å². The zero-order valence-corrected chi connectivity index (χ0v) is 11.7. The number of carbonyl (C=O) groups excluding carboxylic acids is 1. The highest BCUT2D eigenvalue weighted by Gasteiger charge is 2.35. The Morgan fingerprint density at radius 3 is 2.32 bits per heavy atom. The predicted octanol–water partition coefficient (Wildman–Crippen LogP) is 1.67. The Kier molecular flexibility index (Phi) is 4.08. The molecular weight excluding hydrogens is 240 g/mol. The molecule has 0 aromatic heterocycles. The normalized spacial score (nSPS) is 38.5. The largest absolute Gasteiger partial charge is 0.371 e. The molecule has 108 valence electrons. The molecule has 2 saturated heterocycles. The summed E-state index contributed by atoms with van der Waals surface area (Å²) in [6.45, 7) is 1.65. The molecule has 1 aliphatic carbocycles. The maximum atomic E-state index is 12.3. The van der Waals surface area contributed by atoms with Gasteiger partial charge in [-0.1, -0.05) is 0 Å². The fraction of sp³-hybridized carbons (Fsp3) is 0.933. The van der Waals surface area contributed by atoms with E-state index in [0.717, 1.165) is 57.5 Å². The van der Waals surface area contributed by atoms with Gasteiger partial charge in [0, 0.05) is 25.6 Å². The van der Waals surface area contributed by atoms with Gasteiger partial charge in [-0.3, -0.25) is 4.79 Å². The van der Waals surface area contributed by atoms with Crippen LogP contribution >= 0.6 is 0 Å². The van der Waals surface area contributed by atoms with E-state index in [2.05, 4.69) is 0 Å². The SMILES string of the molecule is NC1CCC(CCC(=O)N2CC3CCC(C2)O3)CC1. The van der Waals surface area contributed by atoms with Crippen molar-refractivity contribution < 1.29 is 9.53 Å². The second-order valence-electron chi connectivity index (χ2n) is 6.58. The number of fused-ring (bicyclic) bond motifs is 2. The molecule has 0 aromatic carbocycles. The summed E-state index contributed by atoms with van der Waals surface area (Å²) in [5.41, 5.74) is 5.92. The van der Waals surface area contributed by atoms with Crippen molar-refractivity contribution >= 4 is 5.91 Å². The van der Waals surface area contributed by atoms with Crippen molar-refractivity contribution in [3.8, 4) is 0 Å². The summed E-state index contributed by atoms with van der Waals surface area (Å²) in [5.74, 6) is 1.07. The molecule has 3 rings (SSSR count). The second kappa shape index (κ2) is 5.80. The molecule has 4 heteroatoms. The smallest absolute Gasteiger partial charge is 0.222 e. The lowest BCUT2D eigenvalue weighted by molar-refractivity contribution is -0.140. The molecule has 3 aliphatic rings. The van der Waals surface area contributed by atoms with Gasteiger partial charge in [-0.2, -0.15) is 0 Å². The number of ether oxygens (including phenoxy) is 1. The van der Waals surface area contributed by atoms with Gasteiger partial charge in [-0.05, 0) is 50.9 Å². The van der Waals surface area contributed by atoms with Crippen LogP contribution in [0.4, 0.5) is 0 Å². The van der Waals surface area contributed by atoms with Crippen molar-refractivity contribution in [2.75, 3.05) is 13.1 Å². The van der Waals surface area contributed by atoms with Crippen LogP contribution in [0.5, 0.6) is 0 Å². The summed E-state index contributed by atoms with van der Waals surface area (Å²) in [5, 5.41) is 0. The van der Waals surface area contributed by atoms with Gasteiger partial charge in [0.15, 0.2) is 0 Å². The Labute approximate surface area is 115 Å². The van der Waals surface area contributed by atoms with Gasteiger partial charge < -0.3 is 15.4 Å². The Balaban J connectivity index is 1.41. The van der Waals surface area contributed by atoms with Gasteiger partial charge in [0.05, 0.1) is 12.2 Å². The minimum atomic E-state index is 0.315. The summed E-state index contributed by atoms with van der Waals surface area (Å²) in [6, 6.07) is 0.404. The molecule has 2 bridgehead atoms. The first-order chi connectivity index (χ1) is 9.20. The van der Waals surface area contributed by atoms with Crippen molar-refractivity contribution in [2.45, 2.75) is 69.6 Å². The van der Waals surface area contributed by atoms with Gasteiger partial charge in [0.25, 0.3) is 0 Å². The molecule has 19 heavy (non-hydrogen) atoms. The fourth-order valence-corrected chi connectivity index (χ4v) is 3.78. The molecule has 2 aliphatic heterocycles. The van der Waals surface area contributed by atoms with Crippen molar-refractivity contribution in [1.82, 2.24) is 4.90 Å². The maximum Gasteiger partial charge on any atom is 0.222 e. The molecule has 1 saturated carbocycles. The van der Waals surface area contributed by atoms with Crippen molar-refractivity contribution in [3.63, 3.8) is 0 Å². The van der Waals surface area contributed by atoms with E-state index in [4.69, 9.17) is 10.5 Å². The van der Waals surface area contributed by atoms with Crippen molar-refractivity contribution in [2.24, 2.45) is 11.7 Å². The molecule has 2 atom stereocenters. The van der Waals surface area contributed by atoms with Crippen LogP contribution in [0.3, 0.4) is 0 Å².